The number of furan rings is 1. The van der Waals surface area contributed by atoms with Gasteiger partial charge in [-0.15, -0.1) is 0 Å². The maximum Gasteiger partial charge on any atom is 0.136 e. The van der Waals surface area contributed by atoms with Crippen LogP contribution in [0.5, 0.6) is 0 Å². The van der Waals surface area contributed by atoms with Crippen molar-refractivity contribution in [3.05, 3.63) is 212 Å². The minimum atomic E-state index is 0.907. The van der Waals surface area contributed by atoms with Gasteiger partial charge in [0.2, 0.25) is 0 Å². The van der Waals surface area contributed by atoms with Gasteiger partial charge in [-0.3, -0.25) is 0 Å². The number of rotatable bonds is 7. The molecule has 2 heteroatoms. The van der Waals surface area contributed by atoms with Crippen LogP contribution >= 0.6 is 0 Å². The lowest BCUT2D eigenvalue weighted by Crippen LogP contribution is -2.09. The van der Waals surface area contributed by atoms with Crippen LogP contribution < -0.4 is 4.90 Å². The van der Waals surface area contributed by atoms with Crippen LogP contribution in [0.1, 0.15) is 0 Å². The minimum absolute atomic E-state index is 0.907. The van der Waals surface area contributed by atoms with Crippen molar-refractivity contribution >= 4 is 49.8 Å². The number of hydrogen-bond acceptors (Lipinski definition) is 2. The van der Waals surface area contributed by atoms with Crippen molar-refractivity contribution in [2.45, 2.75) is 0 Å². The molecular weight excluding hydrogens is 655 g/mol. The molecule has 254 valence electrons. The summed E-state index contributed by atoms with van der Waals surface area (Å²) in [6, 6.07) is 75.9. The van der Waals surface area contributed by atoms with E-state index in [1.165, 1.54) is 49.7 Å². The Morgan fingerprint density at radius 3 is 1.54 bits per heavy atom. The maximum absolute atomic E-state index is 6.18. The average Bonchev–Trinajstić information content (AvgIpc) is 3.64. The normalized spacial score (nSPS) is 11.3. The van der Waals surface area contributed by atoms with Crippen molar-refractivity contribution < 1.29 is 4.42 Å². The first-order chi connectivity index (χ1) is 26.7. The van der Waals surface area contributed by atoms with Gasteiger partial charge in [0.15, 0.2) is 0 Å². The highest BCUT2D eigenvalue weighted by Crippen LogP contribution is 2.40. The second-order valence-electron chi connectivity index (χ2n) is 13.8. The molecule has 0 bridgehead atoms. The molecular formula is C52H35NO. The molecule has 0 fully saturated rings. The Hall–Kier alpha value is -7.16. The van der Waals surface area contributed by atoms with E-state index in [1.807, 2.05) is 12.1 Å². The van der Waals surface area contributed by atoms with Gasteiger partial charge in [-0.05, 0) is 116 Å². The molecule has 54 heavy (non-hydrogen) atoms. The van der Waals surface area contributed by atoms with Gasteiger partial charge in [-0.25, -0.2) is 0 Å². The van der Waals surface area contributed by atoms with Crippen molar-refractivity contribution in [2.24, 2.45) is 0 Å². The highest BCUT2D eigenvalue weighted by atomic mass is 16.3. The molecule has 10 aromatic rings. The standard InChI is InChI=1S/C52H35NO/c1-2-14-45(15-3-1)53(47-32-28-40(29-33-47)48-17-9-19-51-52(48)49-16-6-7-18-50(49)54-51)46-30-26-38(27-31-46)37-20-22-39(23-21-37)42-12-8-13-43(34-42)44-25-24-36-10-4-5-11-41(36)35-44/h1-35H. The minimum Gasteiger partial charge on any atom is -0.456 e. The van der Waals surface area contributed by atoms with Gasteiger partial charge in [0, 0.05) is 27.8 Å². The Balaban J connectivity index is 0.930. The van der Waals surface area contributed by atoms with Crippen LogP contribution in [0.25, 0.3) is 77.2 Å². The van der Waals surface area contributed by atoms with Crippen molar-refractivity contribution in [3.63, 3.8) is 0 Å². The Bertz CT molecular complexity index is 2900. The predicted molar refractivity (Wildman–Crippen MR) is 228 cm³/mol. The number of benzene rings is 9. The Kier molecular flexibility index (Phi) is 7.85. The summed E-state index contributed by atoms with van der Waals surface area (Å²) in [5.41, 5.74) is 14.7. The number of anilines is 3. The molecule has 0 unspecified atom stereocenters. The van der Waals surface area contributed by atoms with Crippen molar-refractivity contribution in [2.75, 3.05) is 4.90 Å². The van der Waals surface area contributed by atoms with E-state index in [0.717, 1.165) is 44.6 Å². The van der Waals surface area contributed by atoms with Crippen molar-refractivity contribution in [1.29, 1.82) is 0 Å². The lowest BCUT2D eigenvalue weighted by molar-refractivity contribution is 0.669. The van der Waals surface area contributed by atoms with Crippen LogP contribution in [0, 0.1) is 0 Å². The summed E-state index contributed by atoms with van der Waals surface area (Å²) in [4.78, 5) is 2.31. The summed E-state index contributed by atoms with van der Waals surface area (Å²) in [5, 5.41) is 4.81. The van der Waals surface area contributed by atoms with E-state index in [4.69, 9.17) is 4.42 Å². The summed E-state index contributed by atoms with van der Waals surface area (Å²) < 4.78 is 6.18. The van der Waals surface area contributed by atoms with Crippen molar-refractivity contribution in [3.8, 4) is 44.5 Å². The van der Waals surface area contributed by atoms with Gasteiger partial charge in [0.25, 0.3) is 0 Å². The predicted octanol–water partition coefficient (Wildman–Crippen LogP) is 14.9. The molecule has 0 saturated carbocycles. The molecule has 1 aromatic heterocycles. The van der Waals surface area contributed by atoms with Gasteiger partial charge in [0.05, 0.1) is 0 Å². The third-order valence-electron chi connectivity index (χ3n) is 10.5. The molecule has 0 radical (unpaired) electrons. The molecule has 0 atom stereocenters. The molecule has 10 rings (SSSR count). The van der Waals surface area contributed by atoms with E-state index in [-0.39, 0.29) is 0 Å². The summed E-state index contributed by atoms with van der Waals surface area (Å²) >= 11 is 0. The molecule has 0 saturated heterocycles. The van der Waals surface area contributed by atoms with Crippen LogP contribution in [0.15, 0.2) is 217 Å². The Morgan fingerprint density at radius 2 is 0.796 bits per heavy atom. The summed E-state index contributed by atoms with van der Waals surface area (Å²) in [5.74, 6) is 0. The first-order valence-corrected chi connectivity index (χ1v) is 18.4. The monoisotopic (exact) mass is 689 g/mol. The Labute approximate surface area is 314 Å². The van der Waals surface area contributed by atoms with E-state index < -0.39 is 0 Å². The molecule has 1 heterocycles. The largest absolute Gasteiger partial charge is 0.456 e. The van der Waals surface area contributed by atoms with Gasteiger partial charge in [-0.2, -0.15) is 0 Å². The molecule has 0 aliphatic heterocycles. The zero-order valence-corrected chi connectivity index (χ0v) is 29.6. The fraction of sp³-hybridized carbons (Fsp3) is 0. The molecule has 9 aromatic carbocycles. The third-order valence-corrected chi connectivity index (χ3v) is 10.5. The smallest absolute Gasteiger partial charge is 0.136 e. The second-order valence-corrected chi connectivity index (χ2v) is 13.8. The summed E-state index contributed by atoms with van der Waals surface area (Å²) in [7, 11) is 0. The van der Waals surface area contributed by atoms with Gasteiger partial charge in [0.1, 0.15) is 11.2 Å². The van der Waals surface area contributed by atoms with E-state index in [1.54, 1.807) is 0 Å². The van der Waals surface area contributed by atoms with Gasteiger partial charge in [-0.1, -0.05) is 152 Å². The van der Waals surface area contributed by atoms with Crippen molar-refractivity contribution in [1.82, 2.24) is 0 Å². The fourth-order valence-corrected chi connectivity index (χ4v) is 7.73. The quantitative estimate of drug-likeness (QED) is 0.166. The average molecular weight is 690 g/mol. The van der Waals surface area contributed by atoms with E-state index in [9.17, 15) is 0 Å². The number of nitrogens with zero attached hydrogens (tertiary/aromatic N) is 1. The maximum atomic E-state index is 6.18. The zero-order chi connectivity index (χ0) is 35.8. The Morgan fingerprint density at radius 1 is 0.296 bits per heavy atom. The van der Waals surface area contributed by atoms with Gasteiger partial charge >= 0.3 is 0 Å². The zero-order valence-electron chi connectivity index (χ0n) is 29.6. The molecule has 0 aliphatic carbocycles. The van der Waals surface area contributed by atoms with E-state index >= 15 is 0 Å². The number of hydrogen-bond donors (Lipinski definition) is 0. The van der Waals surface area contributed by atoms with Crippen LogP contribution in [-0.2, 0) is 0 Å². The van der Waals surface area contributed by atoms with Gasteiger partial charge < -0.3 is 9.32 Å². The van der Waals surface area contributed by atoms with Crippen LogP contribution in [0.4, 0.5) is 17.1 Å². The fourth-order valence-electron chi connectivity index (χ4n) is 7.73. The number of para-hydroxylation sites is 2. The van der Waals surface area contributed by atoms with E-state index in [2.05, 4.69) is 205 Å². The van der Waals surface area contributed by atoms with Crippen LogP contribution in [-0.4, -0.2) is 0 Å². The molecule has 0 spiro atoms. The SMILES string of the molecule is c1ccc(N(c2ccc(-c3ccc(-c4cccc(-c5ccc6ccccc6c5)c4)cc3)cc2)c2ccc(-c3cccc4oc5ccccc5c34)cc2)cc1. The first-order valence-electron chi connectivity index (χ1n) is 18.4. The summed E-state index contributed by atoms with van der Waals surface area (Å²) in [6.07, 6.45) is 0. The highest BCUT2D eigenvalue weighted by molar-refractivity contribution is 6.12. The molecule has 0 N–H and O–H groups in total. The third kappa shape index (κ3) is 5.81. The lowest BCUT2D eigenvalue weighted by atomic mass is 9.96. The van der Waals surface area contributed by atoms with Crippen LogP contribution in [0.3, 0.4) is 0 Å². The van der Waals surface area contributed by atoms with Crippen LogP contribution in [0.2, 0.25) is 0 Å². The lowest BCUT2D eigenvalue weighted by Gasteiger charge is -2.26. The molecule has 0 amide bonds. The summed E-state index contributed by atoms with van der Waals surface area (Å²) in [6.45, 7) is 0. The highest BCUT2D eigenvalue weighted by Gasteiger charge is 2.15. The number of fused-ring (bicyclic) bond motifs is 4. The topological polar surface area (TPSA) is 16.4 Å². The van der Waals surface area contributed by atoms with E-state index in [0.29, 0.717) is 0 Å². The second kappa shape index (κ2) is 13.4. The first kappa shape index (κ1) is 31.6. The molecule has 2 nitrogen and oxygen atoms in total. The molecule has 0 aliphatic rings.